The second-order valence-electron chi connectivity index (χ2n) is 3.73. The van der Waals surface area contributed by atoms with Gasteiger partial charge in [-0.15, -0.1) is 0 Å². The Labute approximate surface area is 114 Å². The van der Waals surface area contributed by atoms with E-state index in [0.29, 0.717) is 15.6 Å². The summed E-state index contributed by atoms with van der Waals surface area (Å²) in [6.45, 7) is 0.143. The number of hydrogen-bond acceptors (Lipinski definition) is 3. The zero-order valence-corrected chi connectivity index (χ0v) is 11.1. The van der Waals surface area contributed by atoms with Gasteiger partial charge < -0.3 is 4.74 Å². The fourth-order valence-electron chi connectivity index (χ4n) is 1.39. The zero-order valence-electron chi connectivity index (χ0n) is 9.56. The van der Waals surface area contributed by atoms with Gasteiger partial charge in [0.25, 0.3) is 0 Å². The molecule has 0 spiro atoms. The number of hydrogen-bond donors (Lipinski definition) is 0. The normalized spacial score (nSPS) is 10.4. The van der Waals surface area contributed by atoms with E-state index >= 15 is 0 Å². The molecule has 0 fully saturated rings. The minimum Gasteiger partial charge on any atom is -0.457 e. The maximum absolute atomic E-state index is 11.6. The Kier molecular flexibility index (Phi) is 3.89. The van der Waals surface area contributed by atoms with Gasteiger partial charge in [-0.2, -0.15) is 5.10 Å². The van der Waals surface area contributed by atoms with Crippen molar-refractivity contribution in [2.45, 2.75) is 6.61 Å². The highest BCUT2D eigenvalue weighted by molar-refractivity contribution is 6.42. The SMILES string of the molecule is Cn1cc(C(=O)OCc2ccc(Cl)c(Cl)c2)cn1. The van der Waals surface area contributed by atoms with Crippen LogP contribution >= 0.6 is 23.2 Å². The summed E-state index contributed by atoms with van der Waals surface area (Å²) < 4.78 is 6.67. The first-order chi connectivity index (χ1) is 8.56. The number of benzene rings is 1. The number of halogens is 2. The summed E-state index contributed by atoms with van der Waals surface area (Å²) >= 11 is 11.7. The van der Waals surface area contributed by atoms with Crippen molar-refractivity contribution in [3.05, 3.63) is 51.8 Å². The predicted octanol–water partition coefficient (Wildman–Crippen LogP) is 3.08. The van der Waals surface area contributed by atoms with Crippen molar-refractivity contribution >= 4 is 29.2 Å². The molecule has 0 aliphatic rings. The Balaban J connectivity index is 1.99. The molecule has 94 valence electrons. The zero-order chi connectivity index (χ0) is 13.1. The molecule has 18 heavy (non-hydrogen) atoms. The van der Waals surface area contributed by atoms with Gasteiger partial charge in [0.05, 0.1) is 21.8 Å². The van der Waals surface area contributed by atoms with Crippen LogP contribution in [0.2, 0.25) is 10.0 Å². The van der Waals surface area contributed by atoms with Crippen molar-refractivity contribution in [2.75, 3.05) is 0 Å². The van der Waals surface area contributed by atoms with E-state index in [9.17, 15) is 4.79 Å². The van der Waals surface area contributed by atoms with E-state index in [1.807, 2.05) is 0 Å². The van der Waals surface area contributed by atoms with Crippen LogP contribution in [0.15, 0.2) is 30.6 Å². The van der Waals surface area contributed by atoms with Gasteiger partial charge in [-0.25, -0.2) is 4.79 Å². The van der Waals surface area contributed by atoms with Crippen molar-refractivity contribution in [1.82, 2.24) is 9.78 Å². The van der Waals surface area contributed by atoms with Gasteiger partial charge in [-0.1, -0.05) is 29.3 Å². The molecule has 0 saturated carbocycles. The number of esters is 1. The molecule has 4 nitrogen and oxygen atoms in total. The van der Waals surface area contributed by atoms with Crippen LogP contribution in [0.4, 0.5) is 0 Å². The molecule has 1 heterocycles. The molecule has 0 radical (unpaired) electrons. The van der Waals surface area contributed by atoms with E-state index in [-0.39, 0.29) is 6.61 Å². The summed E-state index contributed by atoms with van der Waals surface area (Å²) in [5.41, 5.74) is 1.19. The molecule has 0 unspecified atom stereocenters. The molecule has 0 aliphatic heterocycles. The van der Waals surface area contributed by atoms with Gasteiger partial charge in [0.2, 0.25) is 0 Å². The molecule has 1 aromatic heterocycles. The van der Waals surface area contributed by atoms with E-state index < -0.39 is 5.97 Å². The lowest BCUT2D eigenvalue weighted by atomic mass is 10.2. The maximum Gasteiger partial charge on any atom is 0.341 e. The molecular formula is C12H10Cl2N2O2. The van der Waals surface area contributed by atoms with Crippen LogP contribution in [0.5, 0.6) is 0 Å². The summed E-state index contributed by atoms with van der Waals surface area (Å²) in [5.74, 6) is -0.422. The fraction of sp³-hybridized carbons (Fsp3) is 0.167. The van der Waals surface area contributed by atoms with E-state index in [1.165, 1.54) is 10.9 Å². The van der Waals surface area contributed by atoms with Gasteiger partial charge in [0.15, 0.2) is 0 Å². The first-order valence-electron chi connectivity index (χ1n) is 5.16. The van der Waals surface area contributed by atoms with Crippen LogP contribution in [0, 0.1) is 0 Å². The third-order valence-corrected chi connectivity index (χ3v) is 3.03. The third-order valence-electron chi connectivity index (χ3n) is 2.29. The highest BCUT2D eigenvalue weighted by Gasteiger charge is 2.09. The Morgan fingerprint density at radius 3 is 2.78 bits per heavy atom. The number of carbonyl (C=O) groups is 1. The minimum atomic E-state index is -0.422. The average Bonchev–Trinajstić information content (AvgIpc) is 2.77. The number of ether oxygens (including phenoxy) is 1. The molecule has 0 aliphatic carbocycles. The largest absolute Gasteiger partial charge is 0.457 e. The predicted molar refractivity (Wildman–Crippen MR) is 68.8 cm³/mol. The Bertz CT molecular complexity index is 581. The molecule has 2 rings (SSSR count). The molecule has 0 saturated heterocycles. The summed E-state index contributed by atoms with van der Waals surface area (Å²) in [6.07, 6.45) is 3.05. The summed E-state index contributed by atoms with van der Waals surface area (Å²) in [5, 5.41) is 4.80. The number of aromatic nitrogens is 2. The molecule has 0 amide bonds. The first kappa shape index (κ1) is 12.9. The lowest BCUT2D eigenvalue weighted by Crippen LogP contribution is -2.04. The number of carbonyl (C=O) groups excluding carboxylic acids is 1. The standard InChI is InChI=1S/C12H10Cl2N2O2/c1-16-6-9(5-15-16)12(17)18-7-8-2-3-10(13)11(14)4-8/h2-6H,7H2,1H3. The Morgan fingerprint density at radius 2 is 2.17 bits per heavy atom. The third kappa shape index (κ3) is 3.03. The number of rotatable bonds is 3. The molecule has 2 aromatic rings. The highest BCUT2D eigenvalue weighted by Crippen LogP contribution is 2.23. The second-order valence-corrected chi connectivity index (χ2v) is 4.54. The van der Waals surface area contributed by atoms with Crippen LogP contribution in [0.1, 0.15) is 15.9 Å². The smallest absolute Gasteiger partial charge is 0.341 e. The van der Waals surface area contributed by atoms with Crippen molar-refractivity contribution in [3.8, 4) is 0 Å². The van der Waals surface area contributed by atoms with Crippen molar-refractivity contribution < 1.29 is 9.53 Å². The van der Waals surface area contributed by atoms with Gasteiger partial charge in [-0.05, 0) is 17.7 Å². The number of aryl methyl sites for hydroxylation is 1. The van der Waals surface area contributed by atoms with Crippen molar-refractivity contribution in [2.24, 2.45) is 7.05 Å². The van der Waals surface area contributed by atoms with Crippen LogP contribution in [0.25, 0.3) is 0 Å². The highest BCUT2D eigenvalue weighted by atomic mass is 35.5. The molecule has 0 atom stereocenters. The van der Waals surface area contributed by atoms with Gasteiger partial charge in [-0.3, -0.25) is 4.68 Å². The lowest BCUT2D eigenvalue weighted by Gasteiger charge is -2.04. The van der Waals surface area contributed by atoms with E-state index in [4.69, 9.17) is 27.9 Å². The second kappa shape index (κ2) is 5.42. The fourth-order valence-corrected chi connectivity index (χ4v) is 1.71. The monoisotopic (exact) mass is 284 g/mol. The van der Waals surface area contributed by atoms with Crippen LogP contribution in [0.3, 0.4) is 0 Å². The number of nitrogens with zero attached hydrogens (tertiary/aromatic N) is 2. The van der Waals surface area contributed by atoms with Gasteiger partial charge >= 0.3 is 5.97 Å². The molecule has 0 N–H and O–H groups in total. The first-order valence-corrected chi connectivity index (χ1v) is 5.91. The van der Waals surface area contributed by atoms with Gasteiger partial charge in [0.1, 0.15) is 6.61 Å². The topological polar surface area (TPSA) is 44.1 Å². The van der Waals surface area contributed by atoms with E-state index in [1.54, 1.807) is 31.4 Å². The van der Waals surface area contributed by atoms with Crippen LogP contribution < -0.4 is 0 Å². The summed E-state index contributed by atoms with van der Waals surface area (Å²) in [6, 6.07) is 5.09. The quantitative estimate of drug-likeness (QED) is 0.814. The minimum absolute atomic E-state index is 0.143. The molecule has 1 aromatic carbocycles. The molecular weight excluding hydrogens is 275 g/mol. The van der Waals surface area contributed by atoms with E-state index in [0.717, 1.165) is 5.56 Å². The molecule has 0 bridgehead atoms. The van der Waals surface area contributed by atoms with Crippen molar-refractivity contribution in [3.63, 3.8) is 0 Å². The summed E-state index contributed by atoms with van der Waals surface area (Å²) in [4.78, 5) is 11.6. The lowest BCUT2D eigenvalue weighted by molar-refractivity contribution is 0.0472. The van der Waals surface area contributed by atoms with Gasteiger partial charge in [0, 0.05) is 13.2 Å². The Hall–Kier alpha value is -1.52. The van der Waals surface area contributed by atoms with Crippen molar-refractivity contribution in [1.29, 1.82) is 0 Å². The van der Waals surface area contributed by atoms with Crippen LogP contribution in [-0.4, -0.2) is 15.7 Å². The molecule has 6 heteroatoms. The maximum atomic E-state index is 11.6. The summed E-state index contributed by atoms with van der Waals surface area (Å²) in [7, 11) is 1.73. The van der Waals surface area contributed by atoms with E-state index in [2.05, 4.69) is 5.10 Å². The Morgan fingerprint density at radius 1 is 1.39 bits per heavy atom. The average molecular weight is 285 g/mol. The van der Waals surface area contributed by atoms with Crippen LogP contribution in [-0.2, 0) is 18.4 Å².